The van der Waals surface area contributed by atoms with Crippen LogP contribution in [0.5, 0.6) is 0 Å². The topological polar surface area (TPSA) is 52.1 Å². The summed E-state index contributed by atoms with van der Waals surface area (Å²) in [6.45, 7) is 2.12. The Balaban J connectivity index is 2.28. The molecule has 0 aromatic carbocycles. The number of nitrogens with zero attached hydrogens (tertiary/aromatic N) is 2. The zero-order valence-corrected chi connectivity index (χ0v) is 10.5. The van der Waals surface area contributed by atoms with Gasteiger partial charge in [-0.3, -0.25) is 4.79 Å². The lowest BCUT2D eigenvalue weighted by Crippen LogP contribution is -2.00. The smallest absolute Gasteiger partial charge is 0.306 e. The zero-order valence-electron chi connectivity index (χ0n) is 8.86. The molecule has 0 aliphatic carbocycles. The molecule has 0 fully saturated rings. The van der Waals surface area contributed by atoms with Gasteiger partial charge in [-0.05, 0) is 6.42 Å². The summed E-state index contributed by atoms with van der Waals surface area (Å²) in [4.78, 5) is 10.8. The van der Waals surface area contributed by atoms with E-state index in [0.717, 1.165) is 22.2 Å². The van der Waals surface area contributed by atoms with Crippen molar-refractivity contribution in [2.75, 3.05) is 12.9 Å². The molecule has 0 aliphatic rings. The highest BCUT2D eigenvalue weighted by Crippen LogP contribution is 2.23. The minimum Gasteiger partial charge on any atom is -0.469 e. The number of esters is 1. The van der Waals surface area contributed by atoms with Crippen molar-refractivity contribution in [2.45, 2.75) is 30.5 Å². The molecular formula is C9H14N2O2S2. The minimum absolute atomic E-state index is 0.180. The van der Waals surface area contributed by atoms with E-state index in [1.807, 2.05) is 0 Å². The molecular weight excluding hydrogens is 232 g/mol. The average Bonchev–Trinajstić information content (AvgIpc) is 2.66. The van der Waals surface area contributed by atoms with Crippen molar-refractivity contribution in [3.8, 4) is 0 Å². The van der Waals surface area contributed by atoms with Crippen molar-refractivity contribution >= 4 is 29.1 Å². The molecule has 0 aliphatic heterocycles. The average molecular weight is 246 g/mol. The molecule has 1 rings (SSSR count). The Morgan fingerprint density at radius 3 is 3.00 bits per heavy atom. The summed E-state index contributed by atoms with van der Waals surface area (Å²) in [6.07, 6.45) is 2.49. The van der Waals surface area contributed by atoms with Gasteiger partial charge in [0.15, 0.2) is 4.34 Å². The molecule has 0 saturated heterocycles. The molecule has 4 nitrogen and oxygen atoms in total. The Bertz CT molecular complexity index is 315. The lowest BCUT2D eigenvalue weighted by atomic mass is 10.4. The van der Waals surface area contributed by atoms with Gasteiger partial charge in [0.2, 0.25) is 0 Å². The van der Waals surface area contributed by atoms with Crippen molar-refractivity contribution in [1.82, 2.24) is 10.2 Å². The maximum Gasteiger partial charge on any atom is 0.306 e. The molecule has 0 spiro atoms. The van der Waals surface area contributed by atoms with Gasteiger partial charge in [0.25, 0.3) is 0 Å². The predicted molar refractivity (Wildman–Crippen MR) is 61.3 cm³/mol. The normalized spacial score (nSPS) is 10.3. The van der Waals surface area contributed by atoms with Crippen LogP contribution in [-0.4, -0.2) is 29.0 Å². The first-order valence-corrected chi connectivity index (χ1v) is 6.58. The molecule has 0 bridgehead atoms. The van der Waals surface area contributed by atoms with E-state index in [0.29, 0.717) is 12.2 Å². The van der Waals surface area contributed by atoms with Crippen LogP contribution in [0.25, 0.3) is 0 Å². The van der Waals surface area contributed by atoms with Gasteiger partial charge in [-0.25, -0.2) is 0 Å². The molecule has 6 heteroatoms. The van der Waals surface area contributed by atoms with Gasteiger partial charge < -0.3 is 4.74 Å². The number of aryl methyl sites for hydroxylation is 1. The third-order valence-corrected chi connectivity index (χ3v) is 3.79. The third kappa shape index (κ3) is 4.61. The summed E-state index contributed by atoms with van der Waals surface area (Å²) in [5.74, 6) is 0.522. The van der Waals surface area contributed by atoms with Crippen LogP contribution in [0.2, 0.25) is 0 Å². The number of methoxy groups -OCH3 is 1. The number of ether oxygens (including phenoxy) is 1. The van der Waals surface area contributed by atoms with Crippen LogP contribution >= 0.6 is 23.1 Å². The van der Waals surface area contributed by atoms with Crippen molar-refractivity contribution in [3.63, 3.8) is 0 Å². The molecule has 1 aromatic rings. The van der Waals surface area contributed by atoms with E-state index in [1.54, 1.807) is 23.1 Å². The largest absolute Gasteiger partial charge is 0.469 e. The molecule has 1 aromatic heterocycles. The van der Waals surface area contributed by atoms with Crippen LogP contribution in [0.3, 0.4) is 0 Å². The first-order valence-electron chi connectivity index (χ1n) is 4.78. The molecule has 0 atom stereocenters. The third-order valence-electron chi connectivity index (χ3n) is 1.67. The predicted octanol–water partition coefficient (Wildman–Crippen LogP) is 2.15. The monoisotopic (exact) mass is 246 g/mol. The van der Waals surface area contributed by atoms with E-state index < -0.39 is 0 Å². The molecule has 1 heterocycles. The summed E-state index contributed by atoms with van der Waals surface area (Å²) in [7, 11) is 1.40. The van der Waals surface area contributed by atoms with Crippen LogP contribution in [0.4, 0.5) is 0 Å². The van der Waals surface area contributed by atoms with Gasteiger partial charge in [0.05, 0.1) is 13.5 Å². The number of rotatable bonds is 6. The molecule has 0 N–H and O–H groups in total. The molecule has 0 radical (unpaired) electrons. The van der Waals surface area contributed by atoms with Crippen molar-refractivity contribution < 1.29 is 9.53 Å². The fraction of sp³-hybridized carbons (Fsp3) is 0.667. The van der Waals surface area contributed by atoms with Gasteiger partial charge in [0, 0.05) is 12.2 Å². The van der Waals surface area contributed by atoms with Crippen molar-refractivity contribution in [3.05, 3.63) is 5.01 Å². The molecule has 0 unspecified atom stereocenters. The summed E-state index contributed by atoms with van der Waals surface area (Å²) in [5.41, 5.74) is 0. The van der Waals surface area contributed by atoms with Gasteiger partial charge in [-0.2, -0.15) is 0 Å². The van der Waals surface area contributed by atoms with E-state index in [2.05, 4.69) is 21.9 Å². The first-order chi connectivity index (χ1) is 7.26. The Morgan fingerprint density at radius 1 is 1.53 bits per heavy atom. The maximum atomic E-state index is 10.8. The number of carbonyl (C=O) groups is 1. The Labute approximate surface area is 97.4 Å². The maximum absolute atomic E-state index is 10.8. The van der Waals surface area contributed by atoms with E-state index in [9.17, 15) is 4.79 Å². The van der Waals surface area contributed by atoms with E-state index in [-0.39, 0.29) is 5.97 Å². The SMILES string of the molecule is CCCc1nnc(SCCC(=O)OC)s1. The van der Waals surface area contributed by atoms with E-state index in [4.69, 9.17) is 0 Å². The van der Waals surface area contributed by atoms with Gasteiger partial charge in [-0.1, -0.05) is 30.0 Å². The molecule has 84 valence electrons. The van der Waals surface area contributed by atoms with Crippen LogP contribution in [-0.2, 0) is 16.0 Å². The quantitative estimate of drug-likeness (QED) is 0.568. The highest BCUT2D eigenvalue weighted by atomic mass is 32.2. The Hall–Kier alpha value is -0.620. The number of hydrogen-bond donors (Lipinski definition) is 0. The first kappa shape index (κ1) is 12.4. The lowest BCUT2D eigenvalue weighted by molar-refractivity contribution is -0.140. The van der Waals surface area contributed by atoms with Gasteiger partial charge >= 0.3 is 5.97 Å². The summed E-state index contributed by atoms with van der Waals surface area (Å²) < 4.78 is 5.48. The number of thioether (sulfide) groups is 1. The van der Waals surface area contributed by atoms with Crippen molar-refractivity contribution in [2.24, 2.45) is 0 Å². The summed E-state index contributed by atoms with van der Waals surface area (Å²) >= 11 is 3.16. The van der Waals surface area contributed by atoms with Gasteiger partial charge in [-0.15, -0.1) is 10.2 Å². The Morgan fingerprint density at radius 2 is 2.33 bits per heavy atom. The fourth-order valence-corrected chi connectivity index (χ4v) is 2.92. The second-order valence-corrected chi connectivity index (χ2v) is 5.29. The molecule has 0 amide bonds. The standard InChI is InChI=1S/C9H14N2O2S2/c1-3-4-7-10-11-9(15-7)14-6-5-8(12)13-2/h3-6H2,1-2H3. The highest BCUT2D eigenvalue weighted by Gasteiger charge is 2.05. The van der Waals surface area contributed by atoms with E-state index >= 15 is 0 Å². The highest BCUT2D eigenvalue weighted by molar-refractivity contribution is 8.01. The zero-order chi connectivity index (χ0) is 11.1. The number of carbonyl (C=O) groups excluding carboxylic acids is 1. The van der Waals surface area contributed by atoms with Crippen LogP contribution in [0.15, 0.2) is 4.34 Å². The number of aromatic nitrogens is 2. The second kappa shape index (κ2) is 6.79. The minimum atomic E-state index is -0.180. The molecule has 15 heavy (non-hydrogen) atoms. The Kier molecular flexibility index (Phi) is 5.63. The van der Waals surface area contributed by atoms with Crippen molar-refractivity contribution in [1.29, 1.82) is 0 Å². The van der Waals surface area contributed by atoms with Crippen LogP contribution in [0.1, 0.15) is 24.8 Å². The van der Waals surface area contributed by atoms with Crippen LogP contribution in [0, 0.1) is 0 Å². The van der Waals surface area contributed by atoms with Gasteiger partial charge in [0.1, 0.15) is 5.01 Å². The van der Waals surface area contributed by atoms with E-state index in [1.165, 1.54) is 7.11 Å². The fourth-order valence-electron chi connectivity index (χ4n) is 0.935. The molecule has 0 saturated carbocycles. The lowest BCUT2D eigenvalue weighted by Gasteiger charge is -1.95. The summed E-state index contributed by atoms with van der Waals surface area (Å²) in [6, 6.07) is 0. The number of hydrogen-bond acceptors (Lipinski definition) is 6. The van der Waals surface area contributed by atoms with Crippen LogP contribution < -0.4 is 0 Å². The summed E-state index contributed by atoms with van der Waals surface area (Å²) in [5, 5.41) is 9.16. The second-order valence-electron chi connectivity index (χ2n) is 2.89.